The molecule has 2 aromatic carbocycles. The van der Waals surface area contributed by atoms with Crippen LogP contribution in [0, 0.1) is 0 Å². The fourth-order valence-electron chi connectivity index (χ4n) is 2.13. The van der Waals surface area contributed by atoms with Crippen molar-refractivity contribution in [3.63, 3.8) is 0 Å². The second kappa shape index (κ2) is 7.40. The summed E-state index contributed by atoms with van der Waals surface area (Å²) in [6.45, 7) is 1.48. The van der Waals surface area contributed by atoms with Crippen LogP contribution in [-0.2, 0) is 4.79 Å². The first kappa shape index (κ1) is 16.5. The van der Waals surface area contributed by atoms with Crippen molar-refractivity contribution in [2.45, 2.75) is 6.92 Å². The smallest absolute Gasteiger partial charge is 0.248 e. The first-order valence-electron chi connectivity index (χ1n) is 7.34. The van der Waals surface area contributed by atoms with Crippen LogP contribution in [0.25, 0.3) is 6.08 Å². The lowest BCUT2D eigenvalue weighted by atomic mass is 10.1. The van der Waals surface area contributed by atoms with E-state index in [4.69, 9.17) is 0 Å². The van der Waals surface area contributed by atoms with Gasteiger partial charge in [0.1, 0.15) is 0 Å². The number of carbonyl (C=O) groups excluding carboxylic acids is 2. The largest absolute Gasteiger partial charge is 0.378 e. The summed E-state index contributed by atoms with van der Waals surface area (Å²) in [6, 6.07) is 14.8. The molecule has 1 amide bonds. The van der Waals surface area contributed by atoms with E-state index < -0.39 is 0 Å². The van der Waals surface area contributed by atoms with Crippen molar-refractivity contribution in [2.24, 2.45) is 0 Å². The maximum atomic E-state index is 12.0. The Kier molecular flexibility index (Phi) is 5.31. The molecule has 0 heterocycles. The van der Waals surface area contributed by atoms with Gasteiger partial charge in [-0.25, -0.2) is 0 Å². The van der Waals surface area contributed by atoms with Crippen LogP contribution in [0.2, 0.25) is 0 Å². The third-order valence-electron chi connectivity index (χ3n) is 3.40. The van der Waals surface area contributed by atoms with Crippen LogP contribution in [0.5, 0.6) is 0 Å². The van der Waals surface area contributed by atoms with Crippen molar-refractivity contribution in [2.75, 3.05) is 24.3 Å². The maximum Gasteiger partial charge on any atom is 0.248 e. The number of nitrogens with zero attached hydrogens (tertiary/aromatic N) is 1. The fraction of sp³-hybridized carbons (Fsp3) is 0.158. The predicted octanol–water partition coefficient (Wildman–Crippen LogP) is 3.61. The number of amides is 1. The van der Waals surface area contributed by atoms with Crippen LogP contribution >= 0.6 is 0 Å². The molecule has 0 aromatic heterocycles. The van der Waals surface area contributed by atoms with Gasteiger partial charge in [0.15, 0.2) is 5.78 Å². The molecule has 4 nitrogen and oxygen atoms in total. The van der Waals surface area contributed by atoms with Crippen molar-refractivity contribution >= 4 is 29.1 Å². The normalized spacial score (nSPS) is 10.6. The Bertz CT molecular complexity index is 731. The van der Waals surface area contributed by atoms with Crippen molar-refractivity contribution in [3.8, 4) is 0 Å². The highest BCUT2D eigenvalue weighted by atomic mass is 16.1. The average Bonchev–Trinajstić information content (AvgIpc) is 2.53. The van der Waals surface area contributed by atoms with Gasteiger partial charge in [-0.1, -0.05) is 24.3 Å². The number of ketones is 1. The molecular weight excluding hydrogens is 288 g/mol. The number of carbonyl (C=O) groups is 2. The van der Waals surface area contributed by atoms with Gasteiger partial charge < -0.3 is 10.2 Å². The van der Waals surface area contributed by atoms with Crippen molar-refractivity contribution < 1.29 is 9.59 Å². The van der Waals surface area contributed by atoms with Crippen LogP contribution in [0.3, 0.4) is 0 Å². The molecule has 0 saturated carbocycles. The summed E-state index contributed by atoms with van der Waals surface area (Å²) < 4.78 is 0. The summed E-state index contributed by atoms with van der Waals surface area (Å²) in [5.74, 6) is -0.348. The molecule has 0 spiro atoms. The quantitative estimate of drug-likeness (QED) is 0.678. The summed E-state index contributed by atoms with van der Waals surface area (Å²) in [5.41, 5.74) is 3.06. The van der Waals surface area contributed by atoms with E-state index in [-0.39, 0.29) is 11.7 Å². The fourth-order valence-corrected chi connectivity index (χ4v) is 2.13. The average molecular weight is 308 g/mol. The van der Waals surface area contributed by atoms with Crippen molar-refractivity contribution in [3.05, 3.63) is 65.7 Å². The lowest BCUT2D eigenvalue weighted by Crippen LogP contribution is -2.11. The predicted molar refractivity (Wildman–Crippen MR) is 94.9 cm³/mol. The zero-order valence-corrected chi connectivity index (χ0v) is 13.5. The van der Waals surface area contributed by atoms with Gasteiger partial charge in [0.2, 0.25) is 5.91 Å². The summed E-state index contributed by atoms with van der Waals surface area (Å²) in [5, 5.41) is 2.74. The monoisotopic (exact) mass is 308 g/mol. The molecule has 0 aliphatic carbocycles. The van der Waals surface area contributed by atoms with Gasteiger partial charge in [-0.2, -0.15) is 0 Å². The Balaban J connectivity index is 2.06. The Morgan fingerprint density at radius 3 is 2.26 bits per heavy atom. The zero-order chi connectivity index (χ0) is 16.8. The third kappa shape index (κ3) is 4.54. The molecule has 0 radical (unpaired) electrons. The van der Waals surface area contributed by atoms with Crippen LogP contribution < -0.4 is 10.2 Å². The number of benzene rings is 2. The Labute approximate surface area is 136 Å². The second-order valence-electron chi connectivity index (χ2n) is 5.41. The minimum Gasteiger partial charge on any atom is -0.378 e. The molecule has 0 unspecified atom stereocenters. The van der Waals surface area contributed by atoms with E-state index in [0.717, 1.165) is 11.3 Å². The first-order chi connectivity index (χ1) is 11.0. The second-order valence-corrected chi connectivity index (χ2v) is 5.41. The van der Waals surface area contributed by atoms with Crippen LogP contribution in [0.4, 0.5) is 11.4 Å². The lowest BCUT2D eigenvalue weighted by Gasteiger charge is -2.11. The van der Waals surface area contributed by atoms with Crippen molar-refractivity contribution in [1.29, 1.82) is 0 Å². The summed E-state index contributed by atoms with van der Waals surface area (Å²) in [6.07, 6.45) is 3.20. The van der Waals surface area contributed by atoms with Gasteiger partial charge in [0, 0.05) is 31.4 Å². The number of rotatable bonds is 5. The molecule has 0 atom stereocenters. The van der Waals surface area contributed by atoms with Crippen LogP contribution in [0.1, 0.15) is 22.8 Å². The number of Topliss-reactive ketones (excluding diaryl/α,β-unsaturated/α-hetero) is 1. The minimum absolute atomic E-state index is 0.0795. The molecule has 4 heteroatoms. The molecule has 0 saturated heterocycles. The van der Waals surface area contributed by atoms with E-state index in [1.54, 1.807) is 30.3 Å². The summed E-state index contributed by atoms with van der Waals surface area (Å²) >= 11 is 0. The van der Waals surface area contributed by atoms with Crippen LogP contribution in [0.15, 0.2) is 54.6 Å². The van der Waals surface area contributed by atoms with Crippen molar-refractivity contribution in [1.82, 2.24) is 0 Å². The summed E-state index contributed by atoms with van der Waals surface area (Å²) in [4.78, 5) is 25.6. The number of para-hydroxylation sites is 1. The molecular formula is C19H20N2O2. The Hall–Kier alpha value is -2.88. The number of hydrogen-bond donors (Lipinski definition) is 1. The minimum atomic E-state index is -0.268. The highest BCUT2D eigenvalue weighted by Crippen LogP contribution is 2.16. The highest BCUT2D eigenvalue weighted by Gasteiger charge is 2.07. The van der Waals surface area contributed by atoms with E-state index in [2.05, 4.69) is 5.32 Å². The molecule has 2 aromatic rings. The van der Waals surface area contributed by atoms with Gasteiger partial charge in [0.25, 0.3) is 0 Å². The van der Waals surface area contributed by atoms with Crippen LogP contribution in [-0.4, -0.2) is 25.8 Å². The van der Waals surface area contributed by atoms with Gasteiger partial charge in [-0.05, 0) is 42.8 Å². The van der Waals surface area contributed by atoms with E-state index >= 15 is 0 Å². The number of nitrogens with one attached hydrogen (secondary N) is 1. The molecule has 0 fully saturated rings. The standard InChI is InChI=1S/C19H20N2O2/c1-14(22)17-6-4-5-7-18(17)20-19(23)13-10-15-8-11-16(12-9-15)21(2)3/h4-13H,1-3H3,(H,20,23)/b13-10+. The molecule has 0 aliphatic heterocycles. The van der Waals surface area contributed by atoms with E-state index in [0.29, 0.717) is 11.3 Å². The van der Waals surface area contributed by atoms with E-state index in [1.165, 1.54) is 13.0 Å². The molecule has 118 valence electrons. The molecule has 2 rings (SSSR count). The third-order valence-corrected chi connectivity index (χ3v) is 3.40. The van der Waals surface area contributed by atoms with Gasteiger partial charge in [-0.3, -0.25) is 9.59 Å². The Morgan fingerprint density at radius 2 is 1.65 bits per heavy atom. The Morgan fingerprint density at radius 1 is 1.00 bits per heavy atom. The zero-order valence-electron chi connectivity index (χ0n) is 13.5. The molecule has 23 heavy (non-hydrogen) atoms. The molecule has 0 aliphatic rings. The number of hydrogen-bond acceptors (Lipinski definition) is 3. The van der Waals surface area contributed by atoms with E-state index in [1.807, 2.05) is 43.3 Å². The van der Waals surface area contributed by atoms with Gasteiger partial charge >= 0.3 is 0 Å². The molecule has 1 N–H and O–H groups in total. The number of anilines is 2. The SMILES string of the molecule is CC(=O)c1ccccc1NC(=O)/C=C/c1ccc(N(C)C)cc1. The topological polar surface area (TPSA) is 49.4 Å². The molecule has 0 bridgehead atoms. The highest BCUT2D eigenvalue weighted by molar-refractivity contribution is 6.07. The maximum absolute atomic E-state index is 12.0. The van der Waals surface area contributed by atoms with Gasteiger partial charge in [-0.15, -0.1) is 0 Å². The van der Waals surface area contributed by atoms with E-state index in [9.17, 15) is 9.59 Å². The first-order valence-corrected chi connectivity index (χ1v) is 7.34. The lowest BCUT2D eigenvalue weighted by molar-refractivity contribution is -0.111. The summed E-state index contributed by atoms with van der Waals surface area (Å²) in [7, 11) is 3.95. The van der Waals surface area contributed by atoms with Gasteiger partial charge in [0.05, 0.1) is 5.69 Å².